The van der Waals surface area contributed by atoms with Gasteiger partial charge in [-0.2, -0.15) is 11.8 Å². The van der Waals surface area contributed by atoms with E-state index < -0.39 is 0 Å². The number of nitrogens with one attached hydrogen (secondary N) is 1. The van der Waals surface area contributed by atoms with Crippen LogP contribution in [0.3, 0.4) is 0 Å². The molecule has 0 spiro atoms. The van der Waals surface area contributed by atoms with E-state index in [1.54, 1.807) is 0 Å². The first-order chi connectivity index (χ1) is 12.7. The van der Waals surface area contributed by atoms with E-state index >= 15 is 0 Å². The van der Waals surface area contributed by atoms with E-state index in [-0.39, 0.29) is 0 Å². The number of rotatable bonds is 5. The van der Waals surface area contributed by atoms with Crippen LogP contribution in [0.4, 0.5) is 0 Å². The molecular formula is C19H35N5OS. The highest BCUT2D eigenvalue weighted by molar-refractivity contribution is 8.00. The number of carbonyl (C=O) groups excluding carboxylic acids is 1. The smallest absolute Gasteiger partial charge is 0.225 e. The minimum atomic E-state index is 0.334. The molecule has 7 heteroatoms. The van der Waals surface area contributed by atoms with Crippen molar-refractivity contribution < 1.29 is 4.79 Å². The summed E-state index contributed by atoms with van der Waals surface area (Å²) in [5.74, 6) is 2.97. The highest BCUT2D eigenvalue weighted by Crippen LogP contribution is 2.28. The molecule has 1 atom stereocenters. The molecule has 1 saturated carbocycles. The number of thioether (sulfide) groups is 1. The van der Waals surface area contributed by atoms with E-state index in [9.17, 15) is 4.79 Å². The second-order valence-electron chi connectivity index (χ2n) is 7.62. The lowest BCUT2D eigenvalue weighted by Gasteiger charge is -2.38. The number of aliphatic imine (C=N–C) groups is 1. The molecule has 148 valence electrons. The zero-order chi connectivity index (χ0) is 18.4. The molecule has 2 aliphatic heterocycles. The summed E-state index contributed by atoms with van der Waals surface area (Å²) in [5, 5.41) is 4.27. The Balaban J connectivity index is 1.35. The second-order valence-corrected chi connectivity index (χ2v) is 9.02. The number of hydrogen-bond acceptors (Lipinski definition) is 4. The van der Waals surface area contributed by atoms with Gasteiger partial charge >= 0.3 is 0 Å². The lowest BCUT2D eigenvalue weighted by atomic mass is 9.84. The van der Waals surface area contributed by atoms with Crippen molar-refractivity contribution in [3.05, 3.63) is 0 Å². The molecule has 1 amide bonds. The fraction of sp³-hybridized carbons (Fsp3) is 0.895. The molecule has 3 rings (SSSR count). The molecule has 1 N–H and O–H groups in total. The number of nitrogens with zero attached hydrogens (tertiary/aromatic N) is 4. The first-order valence-corrected chi connectivity index (χ1v) is 11.3. The van der Waals surface area contributed by atoms with Crippen LogP contribution < -0.4 is 5.32 Å². The van der Waals surface area contributed by atoms with Gasteiger partial charge in [-0.05, 0) is 19.3 Å². The predicted molar refractivity (Wildman–Crippen MR) is 110 cm³/mol. The third-order valence-corrected chi connectivity index (χ3v) is 7.33. The summed E-state index contributed by atoms with van der Waals surface area (Å²) in [6, 6.07) is 0. The first-order valence-electron chi connectivity index (χ1n) is 10.3. The third-order valence-electron chi connectivity index (χ3n) is 5.95. The Morgan fingerprint density at radius 1 is 1.15 bits per heavy atom. The molecule has 1 unspecified atom stereocenters. The number of guanidine groups is 1. The minimum Gasteiger partial charge on any atom is -0.355 e. The summed E-state index contributed by atoms with van der Waals surface area (Å²) < 4.78 is 0. The summed E-state index contributed by atoms with van der Waals surface area (Å²) in [4.78, 5) is 23.8. The molecule has 6 nitrogen and oxygen atoms in total. The van der Waals surface area contributed by atoms with Crippen molar-refractivity contribution in [3.63, 3.8) is 0 Å². The van der Waals surface area contributed by atoms with Gasteiger partial charge in [-0.15, -0.1) is 0 Å². The normalized spacial score (nSPS) is 25.9. The third kappa shape index (κ3) is 5.06. The standard InChI is InChI=1S/C19H35N5OS/c1-3-17-15-24(13-14-26-17)19(20-2)21-7-8-22-9-11-23(12-10-22)18(25)16-5-4-6-16/h16-17H,3-15H2,1-2H3,(H,20,21). The maximum atomic E-state index is 12.3. The van der Waals surface area contributed by atoms with Gasteiger partial charge in [0.1, 0.15) is 0 Å². The van der Waals surface area contributed by atoms with E-state index in [0.29, 0.717) is 11.8 Å². The largest absolute Gasteiger partial charge is 0.355 e. The molecule has 2 heterocycles. The lowest BCUT2D eigenvalue weighted by molar-refractivity contribution is -0.139. The maximum absolute atomic E-state index is 12.3. The summed E-state index contributed by atoms with van der Waals surface area (Å²) in [7, 11) is 1.88. The van der Waals surface area contributed by atoms with Gasteiger partial charge in [0.05, 0.1) is 0 Å². The average molecular weight is 382 g/mol. The van der Waals surface area contributed by atoms with E-state index in [0.717, 1.165) is 76.4 Å². The van der Waals surface area contributed by atoms with E-state index in [2.05, 4.69) is 43.7 Å². The van der Waals surface area contributed by atoms with Crippen LogP contribution in [0.15, 0.2) is 4.99 Å². The van der Waals surface area contributed by atoms with Crippen molar-refractivity contribution in [1.82, 2.24) is 20.0 Å². The fourth-order valence-corrected chi connectivity index (χ4v) is 5.10. The van der Waals surface area contributed by atoms with Gasteiger partial charge in [-0.25, -0.2) is 0 Å². The molecule has 2 saturated heterocycles. The lowest BCUT2D eigenvalue weighted by Crippen LogP contribution is -2.53. The van der Waals surface area contributed by atoms with Gasteiger partial charge in [0.2, 0.25) is 5.91 Å². The first kappa shape index (κ1) is 19.8. The molecule has 26 heavy (non-hydrogen) atoms. The zero-order valence-electron chi connectivity index (χ0n) is 16.5. The van der Waals surface area contributed by atoms with Crippen molar-refractivity contribution in [2.24, 2.45) is 10.9 Å². The number of hydrogen-bond donors (Lipinski definition) is 1. The van der Waals surface area contributed by atoms with E-state index in [4.69, 9.17) is 0 Å². The molecule has 0 aromatic rings. The Morgan fingerprint density at radius 2 is 1.92 bits per heavy atom. The monoisotopic (exact) mass is 381 g/mol. The maximum Gasteiger partial charge on any atom is 0.225 e. The summed E-state index contributed by atoms with van der Waals surface area (Å²) in [5.41, 5.74) is 0. The van der Waals surface area contributed by atoms with Crippen molar-refractivity contribution in [2.75, 3.05) is 65.2 Å². The molecule has 0 aromatic heterocycles. The highest BCUT2D eigenvalue weighted by Gasteiger charge is 2.31. The van der Waals surface area contributed by atoms with E-state index in [1.165, 1.54) is 18.6 Å². The van der Waals surface area contributed by atoms with Gasteiger partial charge in [-0.3, -0.25) is 14.7 Å². The van der Waals surface area contributed by atoms with Gasteiger partial charge in [0.25, 0.3) is 0 Å². The second kappa shape index (κ2) is 9.83. The summed E-state index contributed by atoms with van der Waals surface area (Å²) >= 11 is 2.09. The van der Waals surface area contributed by atoms with Crippen molar-refractivity contribution in [1.29, 1.82) is 0 Å². The van der Waals surface area contributed by atoms with Gasteiger partial charge in [0, 0.05) is 76.3 Å². The highest BCUT2D eigenvalue weighted by atomic mass is 32.2. The number of carbonyl (C=O) groups is 1. The van der Waals surface area contributed by atoms with Gasteiger partial charge < -0.3 is 15.1 Å². The van der Waals surface area contributed by atoms with Gasteiger partial charge in [0.15, 0.2) is 5.96 Å². The number of amides is 1. The molecular weight excluding hydrogens is 346 g/mol. The fourth-order valence-electron chi connectivity index (χ4n) is 3.92. The van der Waals surface area contributed by atoms with Crippen LogP contribution in [-0.4, -0.2) is 97.0 Å². The van der Waals surface area contributed by atoms with E-state index in [1.807, 2.05) is 7.05 Å². The topological polar surface area (TPSA) is 51.2 Å². The summed E-state index contributed by atoms with van der Waals surface area (Å²) in [6.45, 7) is 10.2. The van der Waals surface area contributed by atoms with Crippen LogP contribution in [0.2, 0.25) is 0 Å². The van der Waals surface area contributed by atoms with Gasteiger partial charge in [-0.1, -0.05) is 13.3 Å². The van der Waals surface area contributed by atoms with Crippen LogP contribution in [0.25, 0.3) is 0 Å². The molecule has 0 aromatic carbocycles. The zero-order valence-corrected chi connectivity index (χ0v) is 17.3. The van der Waals surface area contributed by atoms with Crippen molar-refractivity contribution in [2.45, 2.75) is 37.9 Å². The van der Waals surface area contributed by atoms with Crippen LogP contribution in [0.5, 0.6) is 0 Å². The minimum absolute atomic E-state index is 0.334. The molecule has 3 fully saturated rings. The Bertz CT molecular complexity index is 488. The van der Waals surface area contributed by atoms with Crippen molar-refractivity contribution in [3.8, 4) is 0 Å². The molecule has 0 bridgehead atoms. The Hall–Kier alpha value is -0.950. The van der Waals surface area contributed by atoms with Crippen LogP contribution in [-0.2, 0) is 4.79 Å². The molecule has 0 radical (unpaired) electrons. The Labute approximate surface area is 162 Å². The van der Waals surface area contributed by atoms with Crippen LogP contribution in [0.1, 0.15) is 32.6 Å². The van der Waals surface area contributed by atoms with Crippen LogP contribution in [0, 0.1) is 5.92 Å². The molecule has 1 aliphatic carbocycles. The quantitative estimate of drug-likeness (QED) is 0.575. The predicted octanol–water partition coefficient (Wildman–Crippen LogP) is 1.33. The Kier molecular flexibility index (Phi) is 7.49. The van der Waals surface area contributed by atoms with Crippen LogP contribution >= 0.6 is 11.8 Å². The van der Waals surface area contributed by atoms with Crippen molar-refractivity contribution >= 4 is 23.6 Å². The number of piperazine rings is 1. The summed E-state index contributed by atoms with van der Waals surface area (Å²) in [6.07, 6.45) is 4.67. The SMILES string of the molecule is CCC1CN(C(=NC)NCCN2CCN(C(=O)C3CCC3)CC2)CCS1. The average Bonchev–Trinajstić information content (AvgIpc) is 2.64. The molecule has 3 aliphatic rings. The Morgan fingerprint density at radius 3 is 2.54 bits per heavy atom.